The molecule has 0 saturated heterocycles. The smallest absolute Gasteiger partial charge is 0.281 e. The van der Waals surface area contributed by atoms with Crippen LogP contribution in [0.15, 0.2) is 39.3 Å². The summed E-state index contributed by atoms with van der Waals surface area (Å²) in [6, 6.07) is 9.27. The third-order valence-electron chi connectivity index (χ3n) is 3.66. The number of rotatable bonds is 5. The van der Waals surface area contributed by atoms with E-state index in [1.165, 1.54) is 7.11 Å². The van der Waals surface area contributed by atoms with Gasteiger partial charge in [0.05, 0.1) is 18.8 Å². The largest absolute Gasteiger partial charge is 0.493 e. The van der Waals surface area contributed by atoms with Gasteiger partial charge in [-0.25, -0.2) is 0 Å². The van der Waals surface area contributed by atoms with Crippen molar-refractivity contribution in [3.05, 3.63) is 51.3 Å². The van der Waals surface area contributed by atoms with Gasteiger partial charge in [-0.15, -0.1) is 5.11 Å². The molecular weight excluding hydrogens is 308 g/mol. The van der Waals surface area contributed by atoms with Crippen molar-refractivity contribution in [2.24, 2.45) is 10.2 Å². The van der Waals surface area contributed by atoms with Crippen LogP contribution in [0.3, 0.4) is 0 Å². The van der Waals surface area contributed by atoms with Gasteiger partial charge in [-0.05, 0) is 25.5 Å². The number of pyridine rings is 1. The van der Waals surface area contributed by atoms with Crippen LogP contribution in [-0.4, -0.2) is 23.4 Å². The molecule has 2 rings (SSSR count). The molecule has 0 spiro atoms. The van der Waals surface area contributed by atoms with Crippen molar-refractivity contribution in [3.8, 4) is 11.9 Å². The lowest BCUT2D eigenvalue weighted by atomic mass is 10.1. The molecule has 0 bridgehead atoms. The van der Waals surface area contributed by atoms with E-state index in [-0.39, 0.29) is 30.3 Å². The monoisotopic (exact) mass is 326 g/mol. The Morgan fingerprint density at radius 2 is 2.00 bits per heavy atom. The maximum absolute atomic E-state index is 12.6. The maximum atomic E-state index is 12.6. The maximum Gasteiger partial charge on any atom is 0.281 e. The molecule has 2 aromatic rings. The van der Waals surface area contributed by atoms with Crippen molar-refractivity contribution < 1.29 is 9.84 Å². The zero-order valence-corrected chi connectivity index (χ0v) is 13.8. The van der Waals surface area contributed by atoms with E-state index in [9.17, 15) is 15.2 Å². The average Bonchev–Trinajstić information content (AvgIpc) is 2.56. The normalized spacial score (nSPS) is 10.9. The molecule has 0 fully saturated rings. The second-order valence-corrected chi connectivity index (χ2v) is 5.22. The number of ether oxygens (including phenoxy) is 1. The number of hydrogen-bond donors (Lipinski definition) is 1. The van der Waals surface area contributed by atoms with E-state index < -0.39 is 5.56 Å². The molecule has 124 valence electrons. The van der Waals surface area contributed by atoms with Gasteiger partial charge in [0.2, 0.25) is 5.88 Å². The van der Waals surface area contributed by atoms with Gasteiger partial charge in [0.15, 0.2) is 5.69 Å². The molecule has 1 aromatic carbocycles. The van der Waals surface area contributed by atoms with Crippen molar-refractivity contribution >= 4 is 11.4 Å². The van der Waals surface area contributed by atoms with Crippen molar-refractivity contribution in [2.45, 2.75) is 20.4 Å². The molecule has 1 N–H and O–H groups in total. The SMILES string of the molecule is COCCn1c(O)c(C#N)c(C)c(N=Nc2ccccc2C)c1=O. The summed E-state index contributed by atoms with van der Waals surface area (Å²) in [4.78, 5) is 12.6. The molecule has 7 nitrogen and oxygen atoms in total. The van der Waals surface area contributed by atoms with Gasteiger partial charge < -0.3 is 9.84 Å². The predicted molar refractivity (Wildman–Crippen MR) is 89.0 cm³/mol. The highest BCUT2D eigenvalue weighted by Crippen LogP contribution is 2.27. The summed E-state index contributed by atoms with van der Waals surface area (Å²) in [7, 11) is 1.49. The summed E-state index contributed by atoms with van der Waals surface area (Å²) in [5.74, 6) is -0.383. The Labute approximate surface area is 139 Å². The van der Waals surface area contributed by atoms with Crippen molar-refractivity contribution in [2.75, 3.05) is 13.7 Å². The Morgan fingerprint density at radius 3 is 2.62 bits per heavy atom. The lowest BCUT2D eigenvalue weighted by Crippen LogP contribution is -2.23. The molecule has 1 aromatic heterocycles. The Bertz CT molecular complexity index is 879. The minimum absolute atomic E-state index is 0.00411. The highest BCUT2D eigenvalue weighted by molar-refractivity contribution is 5.57. The second-order valence-electron chi connectivity index (χ2n) is 5.22. The van der Waals surface area contributed by atoms with Crippen LogP contribution in [0.5, 0.6) is 5.88 Å². The number of hydrogen-bond acceptors (Lipinski definition) is 6. The van der Waals surface area contributed by atoms with Gasteiger partial charge >= 0.3 is 0 Å². The lowest BCUT2D eigenvalue weighted by Gasteiger charge is -2.12. The Morgan fingerprint density at radius 1 is 1.29 bits per heavy atom. The molecule has 0 unspecified atom stereocenters. The van der Waals surface area contributed by atoms with Crippen LogP contribution in [0.2, 0.25) is 0 Å². The summed E-state index contributed by atoms with van der Waals surface area (Å²) in [6.45, 7) is 3.78. The molecule has 1 heterocycles. The first-order valence-corrected chi connectivity index (χ1v) is 7.34. The molecule has 0 saturated carbocycles. The van der Waals surface area contributed by atoms with Crippen LogP contribution >= 0.6 is 0 Å². The number of benzene rings is 1. The van der Waals surface area contributed by atoms with Gasteiger partial charge in [0.1, 0.15) is 11.6 Å². The van der Waals surface area contributed by atoms with Crippen molar-refractivity contribution in [1.29, 1.82) is 5.26 Å². The predicted octanol–water partition coefficient (Wildman–Crippen LogP) is 3.10. The molecule has 0 aliphatic heterocycles. The van der Waals surface area contributed by atoms with E-state index >= 15 is 0 Å². The molecule has 7 heteroatoms. The number of nitrogens with zero attached hydrogens (tertiary/aromatic N) is 4. The van der Waals surface area contributed by atoms with E-state index in [4.69, 9.17) is 4.74 Å². The third kappa shape index (κ3) is 3.34. The highest BCUT2D eigenvalue weighted by Gasteiger charge is 2.19. The summed E-state index contributed by atoms with van der Waals surface area (Å²) < 4.78 is 6.01. The zero-order valence-electron chi connectivity index (χ0n) is 13.8. The van der Waals surface area contributed by atoms with Gasteiger partial charge in [-0.1, -0.05) is 18.2 Å². The van der Waals surface area contributed by atoms with Crippen LogP contribution in [0.4, 0.5) is 11.4 Å². The van der Waals surface area contributed by atoms with Crippen molar-refractivity contribution in [1.82, 2.24) is 4.57 Å². The van der Waals surface area contributed by atoms with Crippen LogP contribution in [0, 0.1) is 25.2 Å². The molecule has 0 amide bonds. The summed E-state index contributed by atoms with van der Waals surface area (Å²) in [5.41, 5.74) is 1.36. The number of methoxy groups -OCH3 is 1. The fourth-order valence-electron chi connectivity index (χ4n) is 2.23. The minimum Gasteiger partial charge on any atom is -0.493 e. The topological polar surface area (TPSA) is 100.0 Å². The summed E-state index contributed by atoms with van der Waals surface area (Å²) in [6.07, 6.45) is 0. The van der Waals surface area contributed by atoms with Gasteiger partial charge in [-0.2, -0.15) is 10.4 Å². The third-order valence-corrected chi connectivity index (χ3v) is 3.66. The number of aromatic nitrogens is 1. The van der Waals surface area contributed by atoms with E-state index in [1.807, 2.05) is 31.2 Å². The number of aryl methyl sites for hydroxylation is 1. The first kappa shape index (κ1) is 17.4. The van der Waals surface area contributed by atoms with E-state index in [1.54, 1.807) is 13.0 Å². The second kappa shape index (κ2) is 7.53. The summed E-state index contributed by atoms with van der Waals surface area (Å²) >= 11 is 0. The fraction of sp³-hybridized carbons (Fsp3) is 0.294. The average molecular weight is 326 g/mol. The minimum atomic E-state index is -0.515. The zero-order chi connectivity index (χ0) is 17.7. The van der Waals surface area contributed by atoms with Crippen LogP contribution in [0.25, 0.3) is 0 Å². The van der Waals surface area contributed by atoms with E-state index in [0.29, 0.717) is 11.3 Å². The molecule has 0 atom stereocenters. The summed E-state index contributed by atoms with van der Waals surface area (Å²) in [5, 5.41) is 27.6. The van der Waals surface area contributed by atoms with Crippen molar-refractivity contribution in [3.63, 3.8) is 0 Å². The highest BCUT2D eigenvalue weighted by atomic mass is 16.5. The molecule has 0 aliphatic carbocycles. The molecule has 0 aliphatic rings. The van der Waals surface area contributed by atoms with E-state index in [0.717, 1.165) is 10.1 Å². The van der Waals surface area contributed by atoms with Crippen LogP contribution < -0.4 is 5.56 Å². The van der Waals surface area contributed by atoms with Gasteiger partial charge in [0, 0.05) is 12.7 Å². The lowest BCUT2D eigenvalue weighted by molar-refractivity contribution is 0.182. The molecule has 0 radical (unpaired) electrons. The Balaban J connectivity index is 2.59. The first-order chi connectivity index (χ1) is 11.5. The van der Waals surface area contributed by atoms with Crippen LogP contribution in [0.1, 0.15) is 16.7 Å². The standard InChI is InChI=1S/C17H18N4O3/c1-11-6-4-5-7-14(11)19-20-15-12(2)13(10-18)16(22)21(17(15)23)8-9-24-3/h4-7,22H,8-9H2,1-3H3. The van der Waals surface area contributed by atoms with Crippen LogP contribution in [-0.2, 0) is 11.3 Å². The number of nitriles is 1. The number of aromatic hydroxyl groups is 1. The fourth-order valence-corrected chi connectivity index (χ4v) is 2.23. The van der Waals surface area contributed by atoms with Gasteiger partial charge in [-0.3, -0.25) is 9.36 Å². The van der Waals surface area contributed by atoms with E-state index in [2.05, 4.69) is 10.2 Å². The quantitative estimate of drug-likeness (QED) is 0.853. The molecule has 24 heavy (non-hydrogen) atoms. The Hall–Kier alpha value is -2.98. The van der Waals surface area contributed by atoms with Gasteiger partial charge in [0.25, 0.3) is 5.56 Å². The first-order valence-electron chi connectivity index (χ1n) is 7.34. The Kier molecular flexibility index (Phi) is 5.45. The molecular formula is C17H18N4O3. The number of azo groups is 1.